The van der Waals surface area contributed by atoms with Crippen LogP contribution >= 0.6 is 0 Å². The van der Waals surface area contributed by atoms with Gasteiger partial charge < -0.3 is 30.6 Å². The van der Waals surface area contributed by atoms with E-state index in [4.69, 9.17) is 0 Å². The van der Waals surface area contributed by atoms with Gasteiger partial charge in [-0.2, -0.15) is 0 Å². The molecule has 0 aromatic rings. The van der Waals surface area contributed by atoms with Crippen LogP contribution in [0.4, 0.5) is 0 Å². The van der Waals surface area contributed by atoms with Crippen molar-refractivity contribution < 1.29 is 59.4 Å². The largest absolute Gasteiger partial charge is 0.478 e. The van der Waals surface area contributed by atoms with E-state index >= 15 is 0 Å². The second kappa shape index (κ2) is 9.56. The maximum atomic E-state index is 12.6. The van der Waals surface area contributed by atoms with Crippen molar-refractivity contribution in [2.24, 2.45) is 20.0 Å². The smallest absolute Gasteiger partial charge is 0.340 e. The van der Waals surface area contributed by atoms with Crippen LogP contribution in [0.1, 0.15) is 0 Å². The van der Waals surface area contributed by atoms with Gasteiger partial charge in [-0.25, -0.2) is 48.7 Å². The number of hydrogen-bond donors (Lipinski definition) is 6. The number of hydrogen-bond acceptors (Lipinski definition) is 10. The maximum absolute atomic E-state index is 12.6. The molecule has 42 heavy (non-hydrogen) atoms. The highest BCUT2D eigenvalue weighted by molar-refractivity contribution is 6.41. The molecule has 16 nitrogen and oxygen atoms in total. The molecule has 0 radical (unpaired) electrons. The molecular weight excluding hydrogens is 560 g/mol. The normalized spacial score (nSPS) is 19.0. The highest BCUT2D eigenvalue weighted by Gasteiger charge is 2.44. The van der Waals surface area contributed by atoms with Crippen LogP contribution in [0.3, 0.4) is 0 Å². The third-order valence-corrected chi connectivity index (χ3v) is 6.10. The van der Waals surface area contributed by atoms with E-state index in [0.717, 1.165) is 6.08 Å². The zero-order chi connectivity index (χ0) is 30.6. The van der Waals surface area contributed by atoms with Gasteiger partial charge in [0.25, 0.3) is 0 Å². The molecule has 0 unspecified atom stereocenters. The predicted octanol–water partition coefficient (Wildman–Crippen LogP) is 0.308. The molecule has 0 spiro atoms. The molecule has 8 bridgehead atoms. The monoisotopic (exact) mass is 572 g/mol. The summed E-state index contributed by atoms with van der Waals surface area (Å²) in [6.45, 7) is 0. The molecule has 208 valence electrons. The van der Waals surface area contributed by atoms with Gasteiger partial charge in [0, 0.05) is 0 Å². The lowest BCUT2D eigenvalue weighted by atomic mass is 9.93. The SMILES string of the molecule is O=C(O)C1=C2N=C(C(C(=O)O)=C3N=C(C=C4C=CC(=N4)C=C4C=CC1=N4)C(C(=O)O)=C3C(=O)O)C(C(=O)O)=C2C(=O)O. The van der Waals surface area contributed by atoms with Crippen molar-refractivity contribution in [2.45, 2.75) is 0 Å². The Labute approximate surface area is 231 Å². The fourth-order valence-electron chi connectivity index (χ4n) is 4.52. The van der Waals surface area contributed by atoms with Crippen molar-refractivity contribution in [3.8, 4) is 0 Å². The molecule has 5 rings (SSSR count). The summed E-state index contributed by atoms with van der Waals surface area (Å²) in [6.07, 6.45) is 7.82. The van der Waals surface area contributed by atoms with E-state index in [1.165, 1.54) is 30.4 Å². The summed E-state index contributed by atoms with van der Waals surface area (Å²) in [5.74, 6) is -11.8. The van der Waals surface area contributed by atoms with Crippen molar-refractivity contribution in [2.75, 3.05) is 0 Å². The molecule has 5 heterocycles. The third-order valence-electron chi connectivity index (χ3n) is 6.10. The summed E-state index contributed by atoms with van der Waals surface area (Å²) in [5.41, 5.74) is -10.7. The number of carboxylic acid groups (broad SMARTS) is 6. The van der Waals surface area contributed by atoms with Gasteiger partial charge in [-0.15, -0.1) is 0 Å². The Morgan fingerprint density at radius 3 is 1.50 bits per heavy atom. The molecule has 0 aromatic heterocycles. The first-order valence-electron chi connectivity index (χ1n) is 11.3. The number of allylic oxidation sites excluding steroid dienone is 6. The predicted molar refractivity (Wildman–Crippen MR) is 138 cm³/mol. The summed E-state index contributed by atoms with van der Waals surface area (Å²) < 4.78 is 0. The molecule has 16 heteroatoms. The van der Waals surface area contributed by atoms with Crippen molar-refractivity contribution in [3.05, 3.63) is 92.7 Å². The zero-order valence-corrected chi connectivity index (χ0v) is 20.4. The molecule has 5 aliphatic rings. The van der Waals surface area contributed by atoms with Gasteiger partial charge in [0.2, 0.25) is 0 Å². The van der Waals surface area contributed by atoms with Gasteiger partial charge in [0.1, 0.15) is 33.4 Å². The van der Waals surface area contributed by atoms with Crippen LogP contribution in [0.25, 0.3) is 0 Å². The Balaban J connectivity index is 2.03. The van der Waals surface area contributed by atoms with Crippen LogP contribution in [0, 0.1) is 0 Å². The summed E-state index contributed by atoms with van der Waals surface area (Å²) in [5, 5.41) is 59.8. The molecular formula is C26H12N4O12. The molecule has 6 N–H and O–H groups in total. The molecule has 0 fully saturated rings. The van der Waals surface area contributed by atoms with E-state index in [9.17, 15) is 59.4 Å². The summed E-state index contributed by atoms with van der Waals surface area (Å²) in [7, 11) is 0. The number of carbonyl (C=O) groups is 6. The number of rotatable bonds is 6. The van der Waals surface area contributed by atoms with E-state index < -0.39 is 92.1 Å². The highest BCUT2D eigenvalue weighted by Crippen LogP contribution is 2.38. The first kappa shape index (κ1) is 27.0. The minimum Gasteiger partial charge on any atom is -0.478 e. The Morgan fingerprint density at radius 1 is 0.429 bits per heavy atom. The average Bonchev–Trinajstić information content (AvgIpc) is 3.65. The van der Waals surface area contributed by atoms with Crippen molar-refractivity contribution in [3.63, 3.8) is 0 Å². The first-order valence-corrected chi connectivity index (χ1v) is 11.3. The molecule has 5 aliphatic heterocycles. The minimum atomic E-state index is -2.07. The molecule has 0 aromatic carbocycles. The van der Waals surface area contributed by atoms with E-state index in [-0.39, 0.29) is 22.8 Å². The number of fused-ring (bicyclic) bond motifs is 4. The van der Waals surface area contributed by atoms with Gasteiger partial charge in [-0.1, -0.05) is 0 Å². The summed E-state index contributed by atoms with van der Waals surface area (Å²) in [6, 6.07) is 0. The average molecular weight is 572 g/mol. The Kier molecular flexibility index (Phi) is 6.15. The van der Waals surface area contributed by atoms with Gasteiger partial charge in [-0.05, 0) is 36.5 Å². The van der Waals surface area contributed by atoms with Gasteiger partial charge in [-0.3, -0.25) is 0 Å². The lowest BCUT2D eigenvalue weighted by Crippen LogP contribution is -2.23. The minimum absolute atomic E-state index is 0.0615. The molecule has 0 saturated heterocycles. The number of carboxylic acids is 6. The second-order valence-corrected chi connectivity index (χ2v) is 8.57. The Bertz CT molecular complexity index is 1920. The van der Waals surface area contributed by atoms with Crippen molar-refractivity contribution in [1.29, 1.82) is 0 Å². The number of nitrogens with zero attached hydrogens (tertiary/aromatic N) is 4. The fraction of sp³-hybridized carbons (Fsp3) is 0. The van der Waals surface area contributed by atoms with Crippen LogP contribution in [0.2, 0.25) is 0 Å². The van der Waals surface area contributed by atoms with Crippen LogP contribution in [-0.2, 0) is 28.8 Å². The summed E-state index contributed by atoms with van der Waals surface area (Å²) >= 11 is 0. The maximum Gasteiger partial charge on any atom is 0.340 e. The van der Waals surface area contributed by atoms with Crippen LogP contribution in [-0.4, -0.2) is 89.3 Å². The van der Waals surface area contributed by atoms with E-state index in [1.54, 1.807) is 0 Å². The third kappa shape index (κ3) is 4.20. The lowest BCUT2D eigenvalue weighted by molar-refractivity contribution is -0.135. The van der Waals surface area contributed by atoms with Crippen molar-refractivity contribution in [1.82, 2.24) is 0 Å². The molecule has 0 saturated carbocycles. The quantitative estimate of drug-likeness (QED) is 0.251. The summed E-state index contributed by atoms with van der Waals surface area (Å²) in [4.78, 5) is 90.1. The van der Waals surface area contributed by atoms with Crippen LogP contribution in [0.5, 0.6) is 0 Å². The van der Waals surface area contributed by atoms with E-state index in [0.29, 0.717) is 0 Å². The Hall–Kier alpha value is -6.58. The van der Waals surface area contributed by atoms with Gasteiger partial charge in [0.05, 0.1) is 45.6 Å². The number of aliphatic carboxylic acids is 6. The topological polar surface area (TPSA) is 273 Å². The van der Waals surface area contributed by atoms with Gasteiger partial charge in [0.15, 0.2) is 0 Å². The van der Waals surface area contributed by atoms with E-state index in [1.807, 2.05) is 0 Å². The molecule has 0 atom stereocenters. The van der Waals surface area contributed by atoms with Gasteiger partial charge >= 0.3 is 35.8 Å². The fourth-order valence-corrected chi connectivity index (χ4v) is 4.52. The molecule has 0 aliphatic carbocycles. The Morgan fingerprint density at radius 2 is 0.929 bits per heavy atom. The zero-order valence-electron chi connectivity index (χ0n) is 20.4. The molecule has 0 amide bonds. The standard InChI is InChI=1S/C26H12N4O12/c31-21(32)12-11-6-9-2-1-7(27-9)5-8-3-4-10(28-8)13(22(33)34)18-15(24(37)38)16(25(39)40)20(30-18)17(26(41)42)19(29-11)14(12)23(35)36/h1-6H,(H,31,32)(H,33,34)(H,35,36)(H,37,38)(H,39,40)(H,41,42). The second-order valence-electron chi connectivity index (χ2n) is 8.57. The van der Waals surface area contributed by atoms with Crippen LogP contribution in [0.15, 0.2) is 113 Å². The van der Waals surface area contributed by atoms with Crippen molar-refractivity contribution >= 4 is 58.7 Å². The lowest BCUT2D eigenvalue weighted by Gasteiger charge is -2.08. The first-order chi connectivity index (χ1) is 19.8. The van der Waals surface area contributed by atoms with E-state index in [2.05, 4.69) is 20.0 Å². The van der Waals surface area contributed by atoms with Crippen LogP contribution < -0.4 is 0 Å². The number of aliphatic imine (C=N–C) groups is 4. The highest BCUT2D eigenvalue weighted by atomic mass is 16.4.